The van der Waals surface area contributed by atoms with Crippen LogP contribution in [0.4, 0.5) is 0 Å². The Morgan fingerprint density at radius 2 is 1.50 bits per heavy atom. The Bertz CT molecular complexity index is 766. The Kier molecular flexibility index (Phi) is 6.60. The summed E-state index contributed by atoms with van der Waals surface area (Å²) in [6.45, 7) is 0. The third-order valence-electron chi connectivity index (χ3n) is 4.10. The number of ether oxygens (including phenoxy) is 4. The Hall–Kier alpha value is -3.02. The molecule has 0 radical (unpaired) electrons. The molecule has 0 saturated heterocycles. The molecule has 0 aliphatic carbocycles. The summed E-state index contributed by atoms with van der Waals surface area (Å²) in [7, 11) is 5.90. The minimum absolute atomic E-state index is 0.0194. The Morgan fingerprint density at radius 1 is 0.846 bits per heavy atom. The molecule has 2 rings (SSSR count). The van der Waals surface area contributed by atoms with Crippen LogP contribution in [0.25, 0.3) is 0 Å². The molecule has 0 spiro atoms. The van der Waals surface area contributed by atoms with Gasteiger partial charge in [0.15, 0.2) is 17.3 Å². The summed E-state index contributed by atoms with van der Waals surface area (Å²) in [6, 6.07) is 11.9. The number of rotatable bonds is 8. The largest absolute Gasteiger partial charge is 0.497 e. The van der Waals surface area contributed by atoms with E-state index >= 15 is 0 Å². The van der Waals surface area contributed by atoms with Gasteiger partial charge in [-0.2, -0.15) is 0 Å². The number of benzene rings is 2. The molecule has 2 aromatic rings. The lowest BCUT2D eigenvalue weighted by atomic mass is 9.91. The number of methoxy groups -OCH3 is 4. The number of hydrogen-bond acceptors (Lipinski definition) is 6. The van der Waals surface area contributed by atoms with Crippen molar-refractivity contribution in [1.29, 1.82) is 0 Å². The lowest BCUT2D eigenvalue weighted by molar-refractivity contribution is -0.142. The maximum absolute atomic E-state index is 12.6. The fraction of sp³-hybridized carbons (Fsp3) is 0.300. The third kappa shape index (κ3) is 4.33. The van der Waals surface area contributed by atoms with E-state index < -0.39 is 11.9 Å². The number of ketones is 1. The van der Waals surface area contributed by atoms with E-state index in [0.29, 0.717) is 28.4 Å². The van der Waals surface area contributed by atoms with Crippen LogP contribution in [0, 0.1) is 0 Å². The SMILES string of the molecule is COC(=O)C(CC(=O)c1ccc(OC)cc1)c1ccc(OC)c(OC)c1. The van der Waals surface area contributed by atoms with Crippen LogP contribution in [0.5, 0.6) is 17.2 Å². The zero-order chi connectivity index (χ0) is 19.1. The van der Waals surface area contributed by atoms with Crippen LogP contribution in [0.2, 0.25) is 0 Å². The number of hydrogen-bond donors (Lipinski definition) is 0. The van der Waals surface area contributed by atoms with E-state index in [-0.39, 0.29) is 12.2 Å². The van der Waals surface area contributed by atoms with E-state index in [9.17, 15) is 9.59 Å². The van der Waals surface area contributed by atoms with Crippen LogP contribution in [-0.4, -0.2) is 40.2 Å². The molecule has 26 heavy (non-hydrogen) atoms. The van der Waals surface area contributed by atoms with Gasteiger partial charge in [-0.15, -0.1) is 0 Å². The summed E-state index contributed by atoms with van der Waals surface area (Å²) in [5.41, 5.74) is 1.12. The van der Waals surface area contributed by atoms with E-state index in [0.717, 1.165) is 0 Å². The molecule has 0 saturated carbocycles. The fourth-order valence-electron chi connectivity index (χ4n) is 2.63. The van der Waals surface area contributed by atoms with Crippen molar-refractivity contribution >= 4 is 11.8 Å². The molecule has 1 unspecified atom stereocenters. The highest BCUT2D eigenvalue weighted by atomic mass is 16.5. The fourth-order valence-corrected chi connectivity index (χ4v) is 2.63. The molecule has 138 valence electrons. The predicted molar refractivity (Wildman–Crippen MR) is 96.2 cm³/mol. The van der Waals surface area contributed by atoms with Gasteiger partial charge in [-0.3, -0.25) is 9.59 Å². The first-order valence-corrected chi connectivity index (χ1v) is 8.01. The van der Waals surface area contributed by atoms with E-state index in [2.05, 4.69) is 0 Å². The molecule has 0 N–H and O–H groups in total. The van der Waals surface area contributed by atoms with Crippen LogP contribution < -0.4 is 14.2 Å². The molecule has 0 fully saturated rings. The summed E-state index contributed by atoms with van der Waals surface area (Å²) >= 11 is 0. The second-order valence-corrected chi connectivity index (χ2v) is 5.55. The average molecular weight is 358 g/mol. The van der Waals surface area contributed by atoms with Crippen molar-refractivity contribution in [3.63, 3.8) is 0 Å². The summed E-state index contributed by atoms with van der Waals surface area (Å²) < 4.78 is 20.5. The molecular weight excluding hydrogens is 336 g/mol. The zero-order valence-electron chi connectivity index (χ0n) is 15.3. The Morgan fingerprint density at radius 3 is 2.04 bits per heavy atom. The quantitative estimate of drug-likeness (QED) is 0.533. The van der Waals surface area contributed by atoms with Crippen LogP contribution in [0.3, 0.4) is 0 Å². The molecule has 0 aliphatic heterocycles. The van der Waals surface area contributed by atoms with Gasteiger partial charge in [0.25, 0.3) is 0 Å². The van der Waals surface area contributed by atoms with E-state index in [1.807, 2.05) is 0 Å². The van der Waals surface area contributed by atoms with Gasteiger partial charge in [0.2, 0.25) is 0 Å². The highest BCUT2D eigenvalue weighted by molar-refractivity contribution is 5.99. The van der Waals surface area contributed by atoms with E-state index in [1.165, 1.54) is 21.3 Å². The zero-order valence-corrected chi connectivity index (χ0v) is 15.3. The standard InChI is InChI=1S/C20H22O6/c1-23-15-8-5-13(6-9-15)17(21)12-16(20(22)26-4)14-7-10-18(24-2)19(11-14)25-3/h5-11,16H,12H2,1-4H3. The van der Waals surface area contributed by atoms with E-state index in [1.54, 1.807) is 49.6 Å². The maximum atomic E-state index is 12.6. The molecule has 0 bridgehead atoms. The number of carbonyl (C=O) groups is 2. The average Bonchev–Trinajstić information content (AvgIpc) is 2.70. The van der Waals surface area contributed by atoms with Crippen LogP contribution in [0.1, 0.15) is 28.3 Å². The van der Waals surface area contributed by atoms with Crippen molar-refractivity contribution in [2.24, 2.45) is 0 Å². The minimum Gasteiger partial charge on any atom is -0.497 e. The maximum Gasteiger partial charge on any atom is 0.313 e. The molecule has 0 aliphatic rings. The van der Waals surface area contributed by atoms with Crippen LogP contribution in [-0.2, 0) is 9.53 Å². The summed E-state index contributed by atoms with van der Waals surface area (Å²) in [5, 5.41) is 0. The van der Waals surface area contributed by atoms with Gasteiger partial charge in [-0.25, -0.2) is 0 Å². The summed E-state index contributed by atoms with van der Waals surface area (Å²) in [4.78, 5) is 24.9. The smallest absolute Gasteiger partial charge is 0.313 e. The van der Waals surface area contributed by atoms with Crippen molar-refractivity contribution in [2.45, 2.75) is 12.3 Å². The second kappa shape index (κ2) is 8.89. The molecular formula is C20H22O6. The second-order valence-electron chi connectivity index (χ2n) is 5.55. The third-order valence-corrected chi connectivity index (χ3v) is 4.10. The van der Waals surface area contributed by atoms with Crippen molar-refractivity contribution in [3.05, 3.63) is 53.6 Å². The number of Topliss-reactive ketones (excluding diaryl/α,β-unsaturated/α-hetero) is 1. The number of esters is 1. The molecule has 6 heteroatoms. The highest BCUT2D eigenvalue weighted by Crippen LogP contribution is 2.33. The Balaban J connectivity index is 2.29. The van der Waals surface area contributed by atoms with Gasteiger partial charge in [0, 0.05) is 12.0 Å². The van der Waals surface area contributed by atoms with Crippen LogP contribution in [0.15, 0.2) is 42.5 Å². The summed E-state index contributed by atoms with van der Waals surface area (Å²) in [6.07, 6.45) is -0.0194. The van der Waals surface area contributed by atoms with E-state index in [4.69, 9.17) is 18.9 Å². The topological polar surface area (TPSA) is 71.1 Å². The Labute approximate surface area is 152 Å². The van der Waals surface area contributed by atoms with Gasteiger partial charge >= 0.3 is 5.97 Å². The van der Waals surface area contributed by atoms with Crippen molar-refractivity contribution < 1.29 is 28.5 Å². The van der Waals surface area contributed by atoms with Gasteiger partial charge in [-0.1, -0.05) is 6.07 Å². The molecule has 0 aromatic heterocycles. The normalized spacial score (nSPS) is 11.4. The van der Waals surface area contributed by atoms with Crippen molar-refractivity contribution in [3.8, 4) is 17.2 Å². The molecule has 0 heterocycles. The first-order chi connectivity index (χ1) is 12.5. The van der Waals surface area contributed by atoms with Crippen molar-refractivity contribution in [1.82, 2.24) is 0 Å². The molecule has 1 atom stereocenters. The van der Waals surface area contributed by atoms with Gasteiger partial charge in [-0.05, 0) is 42.0 Å². The lowest BCUT2D eigenvalue weighted by Gasteiger charge is -2.16. The lowest BCUT2D eigenvalue weighted by Crippen LogP contribution is -2.18. The van der Waals surface area contributed by atoms with Crippen LogP contribution >= 0.6 is 0 Å². The van der Waals surface area contributed by atoms with Crippen molar-refractivity contribution in [2.75, 3.05) is 28.4 Å². The number of carbonyl (C=O) groups excluding carboxylic acids is 2. The monoisotopic (exact) mass is 358 g/mol. The molecule has 6 nitrogen and oxygen atoms in total. The molecule has 2 aromatic carbocycles. The highest BCUT2D eigenvalue weighted by Gasteiger charge is 2.26. The first kappa shape index (κ1) is 19.3. The first-order valence-electron chi connectivity index (χ1n) is 8.01. The summed E-state index contributed by atoms with van der Waals surface area (Å²) in [5.74, 6) is 0.287. The predicted octanol–water partition coefficient (Wildman–Crippen LogP) is 3.24. The van der Waals surface area contributed by atoms with Gasteiger partial charge in [0.05, 0.1) is 34.4 Å². The van der Waals surface area contributed by atoms with Gasteiger partial charge in [0.1, 0.15) is 5.75 Å². The van der Waals surface area contributed by atoms with Gasteiger partial charge < -0.3 is 18.9 Å². The molecule has 0 amide bonds. The minimum atomic E-state index is -0.741.